The lowest BCUT2D eigenvalue weighted by molar-refractivity contribution is -0.121. The predicted molar refractivity (Wildman–Crippen MR) is 132 cm³/mol. The van der Waals surface area contributed by atoms with E-state index in [2.05, 4.69) is 15.3 Å². The minimum atomic E-state index is -3.82. The highest BCUT2D eigenvalue weighted by molar-refractivity contribution is 7.89. The molecule has 176 valence electrons. The van der Waals surface area contributed by atoms with E-state index in [9.17, 15) is 13.2 Å². The van der Waals surface area contributed by atoms with Gasteiger partial charge in [0.05, 0.1) is 22.8 Å². The number of fused-ring (bicyclic) bond motifs is 1. The van der Waals surface area contributed by atoms with Crippen LogP contribution in [-0.2, 0) is 21.4 Å². The second-order valence-corrected chi connectivity index (χ2v) is 9.46. The minimum absolute atomic E-state index is 0.00556. The van der Waals surface area contributed by atoms with Gasteiger partial charge in [0.15, 0.2) is 6.61 Å². The maximum absolute atomic E-state index is 12.7. The summed E-state index contributed by atoms with van der Waals surface area (Å²) in [6.45, 7) is 0.309. The molecule has 0 aliphatic carbocycles. The molecule has 0 unspecified atom stereocenters. The van der Waals surface area contributed by atoms with Gasteiger partial charge < -0.3 is 10.1 Å². The Morgan fingerprint density at radius 2 is 1.80 bits per heavy atom. The number of nitrogens with one attached hydrogen (secondary N) is 1. The zero-order valence-corrected chi connectivity index (χ0v) is 19.3. The lowest BCUT2D eigenvalue weighted by atomic mass is 10.0. The number of amides is 1. The van der Waals surface area contributed by atoms with E-state index in [-0.39, 0.29) is 17.4 Å². The number of nitrogens with zero attached hydrogens (tertiary/aromatic N) is 3. The molecule has 0 fully saturated rings. The zero-order valence-electron chi connectivity index (χ0n) is 18.5. The number of anilines is 3. The van der Waals surface area contributed by atoms with E-state index in [0.29, 0.717) is 29.5 Å². The lowest BCUT2D eigenvalue weighted by Gasteiger charge is -2.29. The number of carbonyl (C=O) groups excluding carboxylic acids is 1. The zero-order chi connectivity index (χ0) is 24.4. The summed E-state index contributed by atoms with van der Waals surface area (Å²) in [5, 5.41) is 8.34. The molecule has 0 atom stereocenters. The minimum Gasteiger partial charge on any atom is -0.482 e. The van der Waals surface area contributed by atoms with E-state index >= 15 is 0 Å². The third-order valence-corrected chi connectivity index (χ3v) is 6.39. The fourth-order valence-corrected chi connectivity index (χ4v) is 4.35. The first-order chi connectivity index (χ1) is 16.9. The topological polar surface area (TPSA) is 128 Å². The third kappa shape index (κ3) is 4.98. The van der Waals surface area contributed by atoms with Crippen LogP contribution in [0.15, 0.2) is 90.1 Å². The molecule has 2 aromatic carbocycles. The van der Waals surface area contributed by atoms with Gasteiger partial charge in [-0.15, -0.1) is 0 Å². The Morgan fingerprint density at radius 1 is 0.943 bits per heavy atom. The van der Waals surface area contributed by atoms with Gasteiger partial charge >= 0.3 is 0 Å². The highest BCUT2D eigenvalue weighted by Gasteiger charge is 2.26. The van der Waals surface area contributed by atoms with Crippen molar-refractivity contribution in [3.05, 3.63) is 90.9 Å². The lowest BCUT2D eigenvalue weighted by Crippen LogP contribution is -2.38. The van der Waals surface area contributed by atoms with Gasteiger partial charge in [-0.1, -0.05) is 18.2 Å². The van der Waals surface area contributed by atoms with Crippen molar-refractivity contribution in [3.8, 4) is 16.9 Å². The van der Waals surface area contributed by atoms with Gasteiger partial charge in [0.1, 0.15) is 11.6 Å². The standard InChI is InChI=1S/C25H21N5O4S/c26-35(32,33)21-6-3-5-19(14-21)29-24-13-18(9-11-28-24)17-7-8-23-22(12-17)30(25(31)16-34-23)15-20-4-1-2-10-27-20/h1-14H,15-16H2,(H,28,29)(H2,26,32,33). The number of hydrogen-bond acceptors (Lipinski definition) is 7. The van der Waals surface area contributed by atoms with Crippen LogP contribution in [0, 0.1) is 0 Å². The molecule has 35 heavy (non-hydrogen) atoms. The summed E-state index contributed by atoms with van der Waals surface area (Å²) in [5.41, 5.74) is 3.68. The average Bonchev–Trinajstić information content (AvgIpc) is 2.86. The monoisotopic (exact) mass is 487 g/mol. The normalized spacial score (nSPS) is 13.2. The molecule has 9 nitrogen and oxygen atoms in total. The summed E-state index contributed by atoms with van der Waals surface area (Å²) in [6.07, 6.45) is 3.34. The number of aromatic nitrogens is 2. The molecule has 10 heteroatoms. The summed E-state index contributed by atoms with van der Waals surface area (Å²) in [4.78, 5) is 23.0. The Bertz CT molecular complexity index is 1510. The van der Waals surface area contributed by atoms with Crippen molar-refractivity contribution in [1.29, 1.82) is 0 Å². The molecule has 0 saturated heterocycles. The van der Waals surface area contributed by atoms with E-state index in [1.54, 1.807) is 29.4 Å². The molecular formula is C25H21N5O4S. The number of hydrogen-bond donors (Lipinski definition) is 2. The van der Waals surface area contributed by atoms with Crippen molar-refractivity contribution >= 4 is 33.1 Å². The summed E-state index contributed by atoms with van der Waals surface area (Å²) in [6, 6.07) is 21.1. The number of pyridine rings is 2. The number of ether oxygens (including phenoxy) is 1. The number of nitrogens with two attached hydrogens (primary N) is 1. The van der Waals surface area contributed by atoms with Crippen molar-refractivity contribution < 1.29 is 17.9 Å². The Labute approximate surface area is 202 Å². The molecule has 1 aliphatic rings. The Hall–Kier alpha value is -4.28. The van der Waals surface area contributed by atoms with Crippen LogP contribution in [-0.4, -0.2) is 30.9 Å². The molecule has 3 heterocycles. The summed E-state index contributed by atoms with van der Waals surface area (Å²) < 4.78 is 28.9. The van der Waals surface area contributed by atoms with Gasteiger partial charge in [-0.3, -0.25) is 14.7 Å². The van der Waals surface area contributed by atoms with E-state index < -0.39 is 10.0 Å². The van der Waals surface area contributed by atoms with Gasteiger partial charge in [-0.2, -0.15) is 0 Å². The van der Waals surface area contributed by atoms with Gasteiger partial charge in [-0.25, -0.2) is 18.5 Å². The Kier molecular flexibility index (Phi) is 5.89. The van der Waals surface area contributed by atoms with E-state index in [0.717, 1.165) is 16.8 Å². The molecule has 0 radical (unpaired) electrons. The number of sulfonamides is 1. The van der Waals surface area contributed by atoms with Gasteiger partial charge in [0.25, 0.3) is 5.91 Å². The van der Waals surface area contributed by atoms with Gasteiger partial charge in [0, 0.05) is 18.1 Å². The van der Waals surface area contributed by atoms with Crippen LogP contribution in [0.25, 0.3) is 11.1 Å². The number of benzene rings is 2. The fourth-order valence-electron chi connectivity index (χ4n) is 3.79. The summed E-state index contributed by atoms with van der Waals surface area (Å²) >= 11 is 0. The van der Waals surface area contributed by atoms with Crippen LogP contribution in [0.2, 0.25) is 0 Å². The van der Waals surface area contributed by atoms with Crippen LogP contribution in [0.3, 0.4) is 0 Å². The molecule has 2 aromatic heterocycles. The highest BCUT2D eigenvalue weighted by atomic mass is 32.2. The van der Waals surface area contributed by atoms with Crippen LogP contribution in [0.4, 0.5) is 17.2 Å². The Balaban J connectivity index is 1.45. The number of carbonyl (C=O) groups is 1. The first-order valence-electron chi connectivity index (χ1n) is 10.7. The molecule has 5 rings (SSSR count). The van der Waals surface area contributed by atoms with Crippen molar-refractivity contribution in [2.24, 2.45) is 5.14 Å². The van der Waals surface area contributed by atoms with Crippen molar-refractivity contribution in [3.63, 3.8) is 0 Å². The van der Waals surface area contributed by atoms with Crippen molar-refractivity contribution in [1.82, 2.24) is 9.97 Å². The third-order valence-electron chi connectivity index (χ3n) is 5.48. The molecular weight excluding hydrogens is 466 g/mol. The highest BCUT2D eigenvalue weighted by Crippen LogP contribution is 2.37. The molecule has 4 aromatic rings. The van der Waals surface area contributed by atoms with E-state index in [1.165, 1.54) is 12.1 Å². The number of rotatable bonds is 6. The maximum Gasteiger partial charge on any atom is 0.265 e. The average molecular weight is 488 g/mol. The summed E-state index contributed by atoms with van der Waals surface area (Å²) in [5.74, 6) is 0.994. The van der Waals surface area contributed by atoms with Crippen molar-refractivity contribution in [2.45, 2.75) is 11.4 Å². The van der Waals surface area contributed by atoms with Crippen LogP contribution >= 0.6 is 0 Å². The second kappa shape index (κ2) is 9.16. The van der Waals surface area contributed by atoms with Crippen LogP contribution in [0.5, 0.6) is 5.75 Å². The molecule has 0 spiro atoms. The number of primary sulfonamides is 1. The van der Waals surface area contributed by atoms with Crippen molar-refractivity contribution in [2.75, 3.05) is 16.8 Å². The first-order valence-corrected chi connectivity index (χ1v) is 12.2. The van der Waals surface area contributed by atoms with Gasteiger partial charge in [0.2, 0.25) is 10.0 Å². The Morgan fingerprint density at radius 3 is 2.60 bits per heavy atom. The quantitative estimate of drug-likeness (QED) is 0.426. The van der Waals surface area contributed by atoms with Crippen LogP contribution < -0.4 is 20.1 Å². The smallest absolute Gasteiger partial charge is 0.265 e. The first kappa shape index (κ1) is 22.5. The summed E-state index contributed by atoms with van der Waals surface area (Å²) in [7, 11) is -3.82. The molecule has 1 aliphatic heterocycles. The largest absolute Gasteiger partial charge is 0.482 e. The molecule has 0 saturated carbocycles. The second-order valence-electron chi connectivity index (χ2n) is 7.90. The van der Waals surface area contributed by atoms with E-state index in [1.807, 2.05) is 48.5 Å². The van der Waals surface area contributed by atoms with Crippen LogP contribution in [0.1, 0.15) is 5.69 Å². The van der Waals surface area contributed by atoms with Gasteiger partial charge in [-0.05, 0) is 65.7 Å². The maximum atomic E-state index is 12.7. The SMILES string of the molecule is NS(=O)(=O)c1cccc(Nc2cc(-c3ccc4c(c3)N(Cc3ccccn3)C(=O)CO4)ccn2)c1. The predicted octanol–water partition coefficient (Wildman–Crippen LogP) is 3.46. The van der Waals surface area contributed by atoms with E-state index in [4.69, 9.17) is 9.88 Å². The fraction of sp³-hybridized carbons (Fsp3) is 0.0800. The molecule has 0 bridgehead atoms. The molecule has 3 N–H and O–H groups in total. The molecule has 1 amide bonds.